The summed E-state index contributed by atoms with van der Waals surface area (Å²) >= 11 is 0. The maximum absolute atomic E-state index is 5.53. The molecule has 82 valence electrons. The second kappa shape index (κ2) is 4.48. The van der Waals surface area contributed by atoms with Gasteiger partial charge in [0.15, 0.2) is 11.5 Å². The molecule has 2 aromatic rings. The Kier molecular flexibility index (Phi) is 2.86. The van der Waals surface area contributed by atoms with Gasteiger partial charge < -0.3 is 15.2 Å². The van der Waals surface area contributed by atoms with Gasteiger partial charge in [-0.05, 0) is 12.1 Å². The zero-order chi connectivity index (χ0) is 11.4. The van der Waals surface area contributed by atoms with Gasteiger partial charge in [0.05, 0.1) is 7.11 Å². The fraction of sp³-hybridized carbons (Fsp3) is 0.0909. The van der Waals surface area contributed by atoms with Crippen LogP contribution in [-0.4, -0.2) is 17.1 Å². The molecule has 0 aliphatic rings. The molecular weight excluding hydrogens is 206 g/mol. The van der Waals surface area contributed by atoms with E-state index in [2.05, 4.69) is 9.97 Å². The summed E-state index contributed by atoms with van der Waals surface area (Å²) in [5.74, 6) is 1.78. The second-order valence-corrected chi connectivity index (χ2v) is 3.01. The molecule has 2 N–H and O–H groups in total. The van der Waals surface area contributed by atoms with Crippen LogP contribution in [0.4, 0.5) is 5.95 Å². The number of hydrogen-bond donors (Lipinski definition) is 1. The number of benzene rings is 1. The lowest BCUT2D eigenvalue weighted by Gasteiger charge is -2.08. The summed E-state index contributed by atoms with van der Waals surface area (Å²) in [5.41, 5.74) is 5.45. The van der Waals surface area contributed by atoms with Crippen LogP contribution in [0, 0.1) is 0 Å². The molecule has 1 heterocycles. The molecule has 0 bridgehead atoms. The Hall–Kier alpha value is -2.30. The smallest absolute Gasteiger partial charge is 0.224 e. The van der Waals surface area contributed by atoms with Gasteiger partial charge in [-0.2, -0.15) is 4.98 Å². The van der Waals surface area contributed by atoms with Crippen molar-refractivity contribution >= 4 is 5.95 Å². The first-order valence-electron chi connectivity index (χ1n) is 4.69. The standard InChI is InChI=1S/C11H11N3O2/c1-15-8-4-2-3-5-9(8)16-10-6-7-13-11(12)14-10/h2-7H,1H3,(H2,12,13,14). The van der Waals surface area contributed by atoms with E-state index < -0.39 is 0 Å². The lowest BCUT2D eigenvalue weighted by molar-refractivity contribution is 0.374. The van der Waals surface area contributed by atoms with Crippen LogP contribution < -0.4 is 15.2 Å². The van der Waals surface area contributed by atoms with Gasteiger partial charge in [0.2, 0.25) is 11.8 Å². The van der Waals surface area contributed by atoms with Crippen LogP contribution in [0.5, 0.6) is 17.4 Å². The van der Waals surface area contributed by atoms with Gasteiger partial charge in [-0.15, -0.1) is 0 Å². The molecule has 0 spiro atoms. The van der Waals surface area contributed by atoms with Crippen LogP contribution in [0.2, 0.25) is 0 Å². The molecule has 16 heavy (non-hydrogen) atoms. The molecule has 0 unspecified atom stereocenters. The normalized spacial score (nSPS) is 9.81. The van der Waals surface area contributed by atoms with Crippen molar-refractivity contribution in [3.63, 3.8) is 0 Å². The Balaban J connectivity index is 2.26. The van der Waals surface area contributed by atoms with Crippen molar-refractivity contribution in [2.75, 3.05) is 12.8 Å². The zero-order valence-corrected chi connectivity index (χ0v) is 8.75. The molecule has 0 aliphatic carbocycles. The van der Waals surface area contributed by atoms with Crippen molar-refractivity contribution in [1.82, 2.24) is 9.97 Å². The Morgan fingerprint density at radius 2 is 1.88 bits per heavy atom. The Morgan fingerprint density at radius 1 is 1.12 bits per heavy atom. The van der Waals surface area contributed by atoms with E-state index in [1.807, 2.05) is 12.1 Å². The van der Waals surface area contributed by atoms with E-state index in [1.54, 1.807) is 25.3 Å². The number of methoxy groups -OCH3 is 1. The summed E-state index contributed by atoms with van der Waals surface area (Å²) in [5, 5.41) is 0. The number of nitrogens with two attached hydrogens (primary N) is 1. The minimum absolute atomic E-state index is 0.174. The molecule has 2 rings (SSSR count). The number of hydrogen-bond acceptors (Lipinski definition) is 5. The summed E-state index contributed by atoms with van der Waals surface area (Å²) < 4.78 is 10.7. The predicted molar refractivity (Wildman–Crippen MR) is 59.5 cm³/mol. The lowest BCUT2D eigenvalue weighted by atomic mass is 10.3. The molecule has 5 nitrogen and oxygen atoms in total. The van der Waals surface area contributed by atoms with Crippen LogP contribution in [0.25, 0.3) is 0 Å². The fourth-order valence-corrected chi connectivity index (χ4v) is 1.23. The first-order chi connectivity index (χ1) is 7.79. The minimum Gasteiger partial charge on any atom is -0.493 e. The van der Waals surface area contributed by atoms with E-state index in [1.165, 1.54) is 6.20 Å². The highest BCUT2D eigenvalue weighted by atomic mass is 16.5. The van der Waals surface area contributed by atoms with Crippen LogP contribution in [0.1, 0.15) is 0 Å². The van der Waals surface area contributed by atoms with Crippen LogP contribution >= 0.6 is 0 Å². The lowest BCUT2D eigenvalue weighted by Crippen LogP contribution is -1.96. The number of nitrogens with zero attached hydrogens (tertiary/aromatic N) is 2. The second-order valence-electron chi connectivity index (χ2n) is 3.01. The van der Waals surface area contributed by atoms with Gasteiger partial charge in [0.1, 0.15) is 0 Å². The molecule has 0 amide bonds. The molecule has 1 aromatic carbocycles. The third-order valence-corrected chi connectivity index (χ3v) is 1.93. The third-order valence-electron chi connectivity index (χ3n) is 1.93. The SMILES string of the molecule is COc1ccccc1Oc1ccnc(N)n1. The highest BCUT2D eigenvalue weighted by Crippen LogP contribution is 2.29. The molecule has 0 radical (unpaired) electrons. The molecule has 1 aromatic heterocycles. The first kappa shape index (κ1) is 10.2. The molecule has 0 saturated carbocycles. The van der Waals surface area contributed by atoms with Gasteiger partial charge >= 0.3 is 0 Å². The molecule has 0 atom stereocenters. The average molecular weight is 217 g/mol. The number of anilines is 1. The predicted octanol–water partition coefficient (Wildman–Crippen LogP) is 1.86. The van der Waals surface area contributed by atoms with Crippen molar-refractivity contribution in [2.24, 2.45) is 0 Å². The summed E-state index contributed by atoms with van der Waals surface area (Å²) in [4.78, 5) is 7.71. The number of ether oxygens (including phenoxy) is 2. The van der Waals surface area contributed by atoms with Crippen molar-refractivity contribution < 1.29 is 9.47 Å². The van der Waals surface area contributed by atoms with Crippen LogP contribution in [0.15, 0.2) is 36.5 Å². The molecule has 5 heteroatoms. The van der Waals surface area contributed by atoms with Gasteiger partial charge in [-0.25, -0.2) is 4.98 Å². The Bertz CT molecular complexity index is 488. The van der Waals surface area contributed by atoms with E-state index in [0.29, 0.717) is 17.4 Å². The highest BCUT2D eigenvalue weighted by Gasteiger charge is 2.05. The van der Waals surface area contributed by atoms with Gasteiger partial charge in [0.25, 0.3) is 0 Å². The quantitative estimate of drug-likeness (QED) is 0.849. The van der Waals surface area contributed by atoms with Gasteiger partial charge in [-0.1, -0.05) is 12.1 Å². The van der Waals surface area contributed by atoms with Gasteiger partial charge in [-0.3, -0.25) is 0 Å². The monoisotopic (exact) mass is 217 g/mol. The van der Waals surface area contributed by atoms with Gasteiger partial charge in [0, 0.05) is 12.3 Å². The summed E-state index contributed by atoms with van der Waals surface area (Å²) in [6.07, 6.45) is 1.53. The van der Waals surface area contributed by atoms with E-state index in [9.17, 15) is 0 Å². The maximum Gasteiger partial charge on any atom is 0.224 e. The molecule has 0 aliphatic heterocycles. The van der Waals surface area contributed by atoms with E-state index in [0.717, 1.165) is 0 Å². The molecular formula is C11H11N3O2. The van der Waals surface area contributed by atoms with E-state index in [-0.39, 0.29) is 5.95 Å². The summed E-state index contributed by atoms with van der Waals surface area (Å²) in [6, 6.07) is 8.93. The van der Waals surface area contributed by atoms with E-state index in [4.69, 9.17) is 15.2 Å². The molecule has 0 saturated heterocycles. The van der Waals surface area contributed by atoms with Crippen LogP contribution in [-0.2, 0) is 0 Å². The number of rotatable bonds is 3. The van der Waals surface area contributed by atoms with Crippen LogP contribution in [0.3, 0.4) is 0 Å². The van der Waals surface area contributed by atoms with Crippen molar-refractivity contribution in [3.8, 4) is 17.4 Å². The first-order valence-corrected chi connectivity index (χ1v) is 4.69. The largest absolute Gasteiger partial charge is 0.493 e. The number of para-hydroxylation sites is 2. The highest BCUT2D eigenvalue weighted by molar-refractivity contribution is 5.41. The van der Waals surface area contributed by atoms with Crippen molar-refractivity contribution in [1.29, 1.82) is 0 Å². The Labute approximate surface area is 92.9 Å². The number of nitrogen functional groups attached to an aromatic ring is 1. The maximum atomic E-state index is 5.53. The zero-order valence-electron chi connectivity index (χ0n) is 8.75. The van der Waals surface area contributed by atoms with Crippen molar-refractivity contribution in [2.45, 2.75) is 0 Å². The topological polar surface area (TPSA) is 70.3 Å². The Morgan fingerprint density at radius 3 is 2.56 bits per heavy atom. The van der Waals surface area contributed by atoms with E-state index >= 15 is 0 Å². The molecule has 0 fully saturated rings. The van der Waals surface area contributed by atoms with Crippen molar-refractivity contribution in [3.05, 3.63) is 36.5 Å². The summed E-state index contributed by atoms with van der Waals surface area (Å²) in [6.45, 7) is 0. The average Bonchev–Trinajstić information content (AvgIpc) is 2.30. The minimum atomic E-state index is 0.174. The third kappa shape index (κ3) is 2.20. The fourth-order valence-electron chi connectivity index (χ4n) is 1.23. The summed E-state index contributed by atoms with van der Waals surface area (Å²) in [7, 11) is 1.58. The number of aromatic nitrogens is 2.